The molecule has 0 fully saturated rings. The van der Waals surface area contributed by atoms with Gasteiger partial charge in [0.1, 0.15) is 11.5 Å². The standard InChI is InChI=1S/C10H14O8S2/c1-3-7-8(4-2)10(18-20(14,15)16)6-5-9(7)17-19(11,12)13/h5-6H,3-4H2,1-2H3,(H,11,12,13)(H,14,15,16). The summed E-state index contributed by atoms with van der Waals surface area (Å²) in [4.78, 5) is 0. The Labute approximate surface area is 117 Å². The van der Waals surface area contributed by atoms with Gasteiger partial charge in [-0.05, 0) is 25.0 Å². The van der Waals surface area contributed by atoms with Crippen LogP contribution in [0.2, 0.25) is 0 Å². The second kappa shape index (κ2) is 5.95. The molecule has 0 amide bonds. The Balaban J connectivity index is 3.40. The van der Waals surface area contributed by atoms with Crippen molar-refractivity contribution in [2.45, 2.75) is 26.7 Å². The van der Waals surface area contributed by atoms with Gasteiger partial charge in [-0.2, -0.15) is 16.8 Å². The van der Waals surface area contributed by atoms with E-state index in [1.165, 1.54) is 0 Å². The van der Waals surface area contributed by atoms with Crippen LogP contribution in [0.4, 0.5) is 0 Å². The van der Waals surface area contributed by atoms with E-state index in [1.54, 1.807) is 13.8 Å². The highest BCUT2D eigenvalue weighted by Gasteiger charge is 2.19. The monoisotopic (exact) mass is 326 g/mol. The van der Waals surface area contributed by atoms with Crippen LogP contribution in [0, 0.1) is 0 Å². The molecule has 0 aliphatic heterocycles. The van der Waals surface area contributed by atoms with Gasteiger partial charge < -0.3 is 8.37 Å². The summed E-state index contributed by atoms with van der Waals surface area (Å²) in [6, 6.07) is 2.26. The van der Waals surface area contributed by atoms with Crippen LogP contribution in [-0.2, 0) is 33.6 Å². The first-order valence-corrected chi connectivity index (χ1v) is 8.29. The van der Waals surface area contributed by atoms with Crippen molar-refractivity contribution in [2.75, 3.05) is 0 Å². The molecule has 0 aliphatic carbocycles. The third-order valence-electron chi connectivity index (χ3n) is 2.44. The maximum Gasteiger partial charge on any atom is 0.446 e. The molecule has 8 nitrogen and oxygen atoms in total. The van der Waals surface area contributed by atoms with Gasteiger partial charge in [0.05, 0.1) is 0 Å². The van der Waals surface area contributed by atoms with Gasteiger partial charge in [-0.1, -0.05) is 13.8 Å². The summed E-state index contributed by atoms with van der Waals surface area (Å²) < 4.78 is 69.2. The van der Waals surface area contributed by atoms with Crippen LogP contribution < -0.4 is 8.37 Å². The van der Waals surface area contributed by atoms with Gasteiger partial charge in [0.25, 0.3) is 0 Å². The molecule has 0 aliphatic rings. The highest BCUT2D eigenvalue weighted by Crippen LogP contribution is 2.32. The fourth-order valence-electron chi connectivity index (χ4n) is 1.81. The van der Waals surface area contributed by atoms with Gasteiger partial charge >= 0.3 is 20.8 Å². The molecule has 1 rings (SSSR count). The van der Waals surface area contributed by atoms with Crippen molar-refractivity contribution >= 4 is 20.8 Å². The topological polar surface area (TPSA) is 127 Å². The summed E-state index contributed by atoms with van der Waals surface area (Å²) in [5, 5.41) is 0. The molecule has 0 aromatic heterocycles. The molecule has 0 atom stereocenters. The number of hydrogen-bond donors (Lipinski definition) is 2. The molecule has 0 bridgehead atoms. The molecule has 0 unspecified atom stereocenters. The van der Waals surface area contributed by atoms with E-state index < -0.39 is 20.8 Å². The molecule has 1 aromatic carbocycles. The lowest BCUT2D eigenvalue weighted by Crippen LogP contribution is -2.12. The third-order valence-corrected chi connectivity index (χ3v) is 3.22. The average Bonchev–Trinajstić information content (AvgIpc) is 2.26. The zero-order chi connectivity index (χ0) is 15.6. The summed E-state index contributed by atoms with van der Waals surface area (Å²) in [7, 11) is -9.38. The molecule has 10 heteroatoms. The first-order chi connectivity index (χ1) is 9.07. The molecular formula is C10H14O8S2. The highest BCUT2D eigenvalue weighted by atomic mass is 32.3. The Morgan fingerprint density at radius 3 is 1.35 bits per heavy atom. The van der Waals surface area contributed by atoms with Gasteiger partial charge in [-0.25, -0.2) is 0 Å². The smallest absolute Gasteiger partial charge is 0.361 e. The van der Waals surface area contributed by atoms with Crippen molar-refractivity contribution in [1.29, 1.82) is 0 Å². The molecule has 0 saturated heterocycles. The summed E-state index contributed by atoms with van der Waals surface area (Å²) in [5.74, 6) is -0.260. The first-order valence-electron chi connectivity index (χ1n) is 5.56. The molecule has 0 radical (unpaired) electrons. The van der Waals surface area contributed by atoms with Crippen molar-refractivity contribution in [2.24, 2.45) is 0 Å². The van der Waals surface area contributed by atoms with Crippen molar-refractivity contribution in [3.8, 4) is 11.5 Å². The van der Waals surface area contributed by atoms with Crippen LogP contribution in [0.5, 0.6) is 11.5 Å². The Kier molecular flexibility index (Phi) is 4.97. The summed E-state index contributed by atoms with van der Waals surface area (Å²) in [5.41, 5.74) is 0.706. The minimum atomic E-state index is -4.69. The Morgan fingerprint density at radius 2 is 1.15 bits per heavy atom. The van der Waals surface area contributed by atoms with Crippen LogP contribution in [0.3, 0.4) is 0 Å². The van der Waals surface area contributed by atoms with Crippen LogP contribution in [0.25, 0.3) is 0 Å². The minimum Gasteiger partial charge on any atom is -0.361 e. The number of benzene rings is 1. The van der Waals surface area contributed by atoms with Crippen molar-refractivity contribution < 1.29 is 34.3 Å². The second-order valence-electron chi connectivity index (χ2n) is 3.75. The van der Waals surface area contributed by atoms with E-state index in [-0.39, 0.29) is 11.5 Å². The first kappa shape index (κ1) is 16.7. The lowest BCUT2D eigenvalue weighted by molar-refractivity contribution is 0.377. The zero-order valence-electron chi connectivity index (χ0n) is 10.7. The molecule has 114 valence electrons. The Hall–Kier alpha value is -1.36. The van der Waals surface area contributed by atoms with Gasteiger partial charge in [0, 0.05) is 11.1 Å². The largest absolute Gasteiger partial charge is 0.446 e. The fraction of sp³-hybridized carbons (Fsp3) is 0.400. The van der Waals surface area contributed by atoms with Crippen molar-refractivity contribution in [3.63, 3.8) is 0 Å². The van der Waals surface area contributed by atoms with E-state index in [4.69, 9.17) is 9.11 Å². The third kappa shape index (κ3) is 4.63. The summed E-state index contributed by atoms with van der Waals surface area (Å²) >= 11 is 0. The normalized spacial score (nSPS) is 12.2. The molecule has 2 N–H and O–H groups in total. The molecule has 0 spiro atoms. The lowest BCUT2D eigenvalue weighted by Gasteiger charge is -2.15. The fourth-order valence-corrected chi connectivity index (χ4v) is 2.57. The highest BCUT2D eigenvalue weighted by molar-refractivity contribution is 7.81. The van der Waals surface area contributed by atoms with E-state index >= 15 is 0 Å². The quantitative estimate of drug-likeness (QED) is 0.746. The van der Waals surface area contributed by atoms with E-state index in [1.807, 2.05) is 0 Å². The van der Waals surface area contributed by atoms with Gasteiger partial charge in [0.2, 0.25) is 0 Å². The molecule has 0 saturated carbocycles. The van der Waals surface area contributed by atoms with Gasteiger partial charge in [-0.3, -0.25) is 9.11 Å². The van der Waals surface area contributed by atoms with Crippen LogP contribution >= 0.6 is 0 Å². The predicted molar refractivity (Wildman–Crippen MR) is 69.6 cm³/mol. The maximum absolute atomic E-state index is 10.7. The molecule has 1 aromatic rings. The number of hydrogen-bond acceptors (Lipinski definition) is 6. The van der Waals surface area contributed by atoms with Crippen molar-refractivity contribution in [3.05, 3.63) is 23.3 Å². The SMILES string of the molecule is CCc1c(OS(=O)(=O)O)ccc(OS(=O)(=O)O)c1CC. The molecule has 0 heterocycles. The number of rotatable bonds is 6. The molecular weight excluding hydrogens is 312 g/mol. The van der Waals surface area contributed by atoms with Crippen LogP contribution in [-0.4, -0.2) is 25.9 Å². The minimum absolute atomic E-state index is 0.130. The van der Waals surface area contributed by atoms with E-state index in [0.29, 0.717) is 24.0 Å². The lowest BCUT2D eigenvalue weighted by atomic mass is 10.0. The van der Waals surface area contributed by atoms with Gasteiger partial charge in [-0.15, -0.1) is 0 Å². The summed E-state index contributed by atoms with van der Waals surface area (Å²) in [6.07, 6.45) is 0.605. The summed E-state index contributed by atoms with van der Waals surface area (Å²) in [6.45, 7) is 3.37. The Morgan fingerprint density at radius 1 is 0.850 bits per heavy atom. The van der Waals surface area contributed by atoms with Crippen LogP contribution in [0.1, 0.15) is 25.0 Å². The predicted octanol–water partition coefficient (Wildman–Crippen LogP) is 1.17. The zero-order valence-corrected chi connectivity index (χ0v) is 12.4. The Bertz CT molecular complexity index is 629. The van der Waals surface area contributed by atoms with Crippen molar-refractivity contribution in [1.82, 2.24) is 0 Å². The van der Waals surface area contributed by atoms with E-state index in [0.717, 1.165) is 12.1 Å². The second-order valence-corrected chi connectivity index (χ2v) is 5.79. The van der Waals surface area contributed by atoms with Gasteiger partial charge in [0.15, 0.2) is 0 Å². The maximum atomic E-state index is 10.7. The van der Waals surface area contributed by atoms with E-state index in [9.17, 15) is 16.8 Å². The van der Waals surface area contributed by atoms with Crippen LogP contribution in [0.15, 0.2) is 12.1 Å². The average molecular weight is 326 g/mol. The molecule has 20 heavy (non-hydrogen) atoms. The van der Waals surface area contributed by atoms with E-state index in [2.05, 4.69) is 8.37 Å².